The molecule has 3 atom stereocenters. The van der Waals surface area contributed by atoms with Crippen LogP contribution < -0.4 is 5.32 Å². The number of amides is 1. The Balaban J connectivity index is 1.96. The molecular formula is C15H29N3O. The van der Waals surface area contributed by atoms with Crippen molar-refractivity contribution in [1.29, 1.82) is 0 Å². The number of carbonyl (C=O) groups is 1. The third kappa shape index (κ3) is 3.69. The van der Waals surface area contributed by atoms with Crippen molar-refractivity contribution in [1.82, 2.24) is 15.1 Å². The standard InChI is InChI=1S/C15H29N3O/c1-11(2)8-14-16-12(3)15(19)18(14)10-13-6-5-7-17(4)9-13/h11-14,16H,5-10H2,1-4H3. The Kier molecular flexibility index (Phi) is 4.85. The van der Waals surface area contributed by atoms with Crippen molar-refractivity contribution in [3.8, 4) is 0 Å². The Morgan fingerprint density at radius 3 is 2.79 bits per heavy atom. The fraction of sp³-hybridized carbons (Fsp3) is 0.933. The van der Waals surface area contributed by atoms with Gasteiger partial charge in [-0.15, -0.1) is 0 Å². The van der Waals surface area contributed by atoms with Gasteiger partial charge in [0.05, 0.1) is 12.2 Å². The summed E-state index contributed by atoms with van der Waals surface area (Å²) in [6, 6.07) is -0.00919. The number of hydrogen-bond acceptors (Lipinski definition) is 3. The Labute approximate surface area is 117 Å². The average molecular weight is 267 g/mol. The monoisotopic (exact) mass is 267 g/mol. The molecule has 2 rings (SSSR count). The number of likely N-dealkylation sites (tertiary alicyclic amines) is 1. The SMILES string of the molecule is CC(C)CC1NC(C)C(=O)N1CC1CCCN(C)C1. The van der Waals surface area contributed by atoms with Gasteiger partial charge in [-0.1, -0.05) is 13.8 Å². The van der Waals surface area contributed by atoms with Crippen molar-refractivity contribution < 1.29 is 4.79 Å². The number of hydrogen-bond donors (Lipinski definition) is 1. The summed E-state index contributed by atoms with van der Waals surface area (Å²) in [5.41, 5.74) is 0. The zero-order chi connectivity index (χ0) is 14.0. The Bertz CT molecular complexity index is 319. The van der Waals surface area contributed by atoms with Gasteiger partial charge >= 0.3 is 0 Å². The van der Waals surface area contributed by atoms with Crippen LogP contribution in [0.15, 0.2) is 0 Å². The van der Waals surface area contributed by atoms with Crippen LogP contribution in [0.3, 0.4) is 0 Å². The molecule has 19 heavy (non-hydrogen) atoms. The molecule has 3 unspecified atom stereocenters. The van der Waals surface area contributed by atoms with Gasteiger partial charge < -0.3 is 9.80 Å². The minimum atomic E-state index is -0.00919. The van der Waals surface area contributed by atoms with E-state index in [0.29, 0.717) is 17.7 Å². The maximum absolute atomic E-state index is 12.3. The zero-order valence-corrected chi connectivity index (χ0v) is 12.9. The molecule has 2 heterocycles. The molecule has 110 valence electrons. The van der Waals surface area contributed by atoms with Gasteiger partial charge in [0.15, 0.2) is 0 Å². The summed E-state index contributed by atoms with van der Waals surface area (Å²) in [5.74, 6) is 1.55. The van der Waals surface area contributed by atoms with E-state index in [0.717, 1.165) is 19.5 Å². The second kappa shape index (κ2) is 6.23. The van der Waals surface area contributed by atoms with Crippen molar-refractivity contribution in [3.05, 3.63) is 0 Å². The van der Waals surface area contributed by atoms with Crippen LogP contribution in [0, 0.1) is 11.8 Å². The lowest BCUT2D eigenvalue weighted by Crippen LogP contribution is -2.44. The molecule has 0 spiro atoms. The molecule has 2 aliphatic heterocycles. The molecule has 2 saturated heterocycles. The predicted molar refractivity (Wildman–Crippen MR) is 77.8 cm³/mol. The van der Waals surface area contributed by atoms with Gasteiger partial charge in [-0.2, -0.15) is 0 Å². The fourth-order valence-corrected chi connectivity index (χ4v) is 3.41. The summed E-state index contributed by atoms with van der Waals surface area (Å²) < 4.78 is 0. The van der Waals surface area contributed by atoms with Gasteiger partial charge in [0.25, 0.3) is 0 Å². The van der Waals surface area contributed by atoms with Crippen molar-refractivity contribution >= 4 is 5.91 Å². The first kappa shape index (κ1) is 14.8. The third-order valence-electron chi connectivity index (χ3n) is 4.34. The molecule has 0 aromatic heterocycles. The van der Waals surface area contributed by atoms with Gasteiger partial charge in [-0.05, 0) is 51.6 Å². The van der Waals surface area contributed by atoms with Gasteiger partial charge in [0.2, 0.25) is 5.91 Å². The number of carbonyl (C=O) groups excluding carboxylic acids is 1. The summed E-state index contributed by atoms with van der Waals surface area (Å²) in [6.45, 7) is 9.70. The van der Waals surface area contributed by atoms with Gasteiger partial charge in [0.1, 0.15) is 0 Å². The maximum Gasteiger partial charge on any atom is 0.240 e. The van der Waals surface area contributed by atoms with E-state index in [1.807, 2.05) is 6.92 Å². The van der Waals surface area contributed by atoms with E-state index in [1.54, 1.807) is 0 Å². The second-order valence-corrected chi connectivity index (χ2v) is 6.79. The van der Waals surface area contributed by atoms with Crippen LogP contribution in [0.5, 0.6) is 0 Å². The molecule has 2 fully saturated rings. The van der Waals surface area contributed by atoms with Crippen LogP contribution in [0.1, 0.15) is 40.0 Å². The zero-order valence-electron chi connectivity index (χ0n) is 12.9. The van der Waals surface area contributed by atoms with E-state index in [9.17, 15) is 4.79 Å². The van der Waals surface area contributed by atoms with Gasteiger partial charge in [-0.3, -0.25) is 10.1 Å². The minimum absolute atomic E-state index is 0.00919. The number of nitrogens with zero attached hydrogens (tertiary/aromatic N) is 2. The average Bonchev–Trinajstić information content (AvgIpc) is 2.56. The normalized spacial score (nSPS) is 33.4. The highest BCUT2D eigenvalue weighted by Crippen LogP contribution is 2.22. The molecule has 1 N–H and O–H groups in total. The first-order valence-corrected chi connectivity index (χ1v) is 7.72. The molecule has 0 aromatic carbocycles. The summed E-state index contributed by atoms with van der Waals surface area (Å²) in [6.07, 6.45) is 3.83. The summed E-state index contributed by atoms with van der Waals surface area (Å²) in [7, 11) is 2.18. The lowest BCUT2D eigenvalue weighted by molar-refractivity contribution is -0.130. The third-order valence-corrected chi connectivity index (χ3v) is 4.34. The topological polar surface area (TPSA) is 35.6 Å². The molecule has 1 amide bonds. The maximum atomic E-state index is 12.3. The number of rotatable bonds is 4. The van der Waals surface area contributed by atoms with Gasteiger partial charge in [-0.25, -0.2) is 0 Å². The number of nitrogens with one attached hydrogen (secondary N) is 1. The first-order valence-electron chi connectivity index (χ1n) is 7.72. The first-order chi connectivity index (χ1) is 8.97. The molecule has 0 aromatic rings. The van der Waals surface area contributed by atoms with E-state index in [-0.39, 0.29) is 12.2 Å². The van der Waals surface area contributed by atoms with E-state index in [4.69, 9.17) is 0 Å². The van der Waals surface area contributed by atoms with Crippen LogP contribution in [0.4, 0.5) is 0 Å². The molecular weight excluding hydrogens is 238 g/mol. The molecule has 4 heteroatoms. The van der Waals surface area contributed by atoms with Crippen molar-refractivity contribution in [3.63, 3.8) is 0 Å². The van der Waals surface area contributed by atoms with E-state index < -0.39 is 0 Å². The largest absolute Gasteiger partial charge is 0.325 e. The lowest BCUT2D eigenvalue weighted by atomic mass is 9.97. The Hall–Kier alpha value is -0.610. The smallest absolute Gasteiger partial charge is 0.240 e. The highest BCUT2D eigenvalue weighted by molar-refractivity contribution is 5.83. The van der Waals surface area contributed by atoms with Crippen molar-refractivity contribution in [2.24, 2.45) is 11.8 Å². The van der Waals surface area contributed by atoms with Crippen LogP contribution in [-0.2, 0) is 4.79 Å². The molecule has 0 radical (unpaired) electrons. The van der Waals surface area contributed by atoms with Crippen molar-refractivity contribution in [2.45, 2.75) is 52.2 Å². The molecule has 0 bridgehead atoms. The van der Waals surface area contributed by atoms with E-state index in [1.165, 1.54) is 19.4 Å². The van der Waals surface area contributed by atoms with E-state index in [2.05, 4.69) is 36.0 Å². The molecule has 2 aliphatic rings. The highest BCUT2D eigenvalue weighted by Gasteiger charge is 2.37. The van der Waals surface area contributed by atoms with Gasteiger partial charge in [0, 0.05) is 13.1 Å². The predicted octanol–water partition coefficient (Wildman–Crippen LogP) is 1.52. The van der Waals surface area contributed by atoms with Crippen LogP contribution in [0.25, 0.3) is 0 Å². The van der Waals surface area contributed by atoms with Crippen LogP contribution >= 0.6 is 0 Å². The minimum Gasteiger partial charge on any atom is -0.325 e. The highest BCUT2D eigenvalue weighted by atomic mass is 16.2. The van der Waals surface area contributed by atoms with Crippen molar-refractivity contribution in [2.75, 3.05) is 26.7 Å². The molecule has 0 aliphatic carbocycles. The number of piperidine rings is 1. The Morgan fingerprint density at radius 1 is 1.42 bits per heavy atom. The lowest BCUT2D eigenvalue weighted by Gasteiger charge is -2.34. The molecule has 4 nitrogen and oxygen atoms in total. The van der Waals surface area contributed by atoms with Crippen LogP contribution in [-0.4, -0.2) is 54.6 Å². The summed E-state index contributed by atoms with van der Waals surface area (Å²) in [5, 5.41) is 3.45. The van der Waals surface area contributed by atoms with E-state index >= 15 is 0 Å². The quantitative estimate of drug-likeness (QED) is 0.839. The molecule has 0 saturated carbocycles. The second-order valence-electron chi connectivity index (χ2n) is 6.79. The summed E-state index contributed by atoms with van der Waals surface area (Å²) in [4.78, 5) is 16.8. The van der Waals surface area contributed by atoms with Crippen LogP contribution in [0.2, 0.25) is 0 Å². The Morgan fingerprint density at radius 2 is 2.16 bits per heavy atom. The fourth-order valence-electron chi connectivity index (χ4n) is 3.41. The summed E-state index contributed by atoms with van der Waals surface area (Å²) >= 11 is 0.